The lowest BCUT2D eigenvalue weighted by Gasteiger charge is -2.17. The van der Waals surface area contributed by atoms with Gasteiger partial charge in [-0.1, -0.05) is 31.2 Å². The van der Waals surface area contributed by atoms with E-state index in [0.29, 0.717) is 11.7 Å². The van der Waals surface area contributed by atoms with E-state index in [1.807, 2.05) is 42.5 Å². The molecule has 5 heteroatoms. The summed E-state index contributed by atoms with van der Waals surface area (Å²) in [5, 5.41) is 1.89. The van der Waals surface area contributed by atoms with Gasteiger partial charge in [-0.2, -0.15) is 0 Å². The van der Waals surface area contributed by atoms with Crippen LogP contribution in [0.25, 0.3) is 33.3 Å². The number of para-hydroxylation sites is 1. The van der Waals surface area contributed by atoms with E-state index < -0.39 is 0 Å². The van der Waals surface area contributed by atoms with E-state index in [4.69, 9.17) is 4.98 Å². The molecule has 0 fully saturated rings. The van der Waals surface area contributed by atoms with Crippen molar-refractivity contribution in [2.24, 2.45) is 5.92 Å². The Labute approximate surface area is 160 Å². The number of fused-ring (bicyclic) bond motifs is 4. The van der Waals surface area contributed by atoms with Gasteiger partial charge in [0.25, 0.3) is 5.56 Å². The van der Waals surface area contributed by atoms with E-state index in [1.165, 1.54) is 10.4 Å². The number of nitrogens with one attached hydrogen (secondary N) is 1. The molecule has 5 rings (SSSR count). The number of benzene rings is 1. The number of thiophene rings is 1. The molecular formula is C22H19N3OS. The number of hydrogen-bond acceptors (Lipinski definition) is 4. The Bertz CT molecular complexity index is 1250. The van der Waals surface area contributed by atoms with E-state index in [0.717, 1.165) is 45.9 Å². The summed E-state index contributed by atoms with van der Waals surface area (Å²) < 4.78 is 0. The van der Waals surface area contributed by atoms with Gasteiger partial charge in [0.2, 0.25) is 0 Å². The van der Waals surface area contributed by atoms with Crippen LogP contribution in [0.5, 0.6) is 0 Å². The van der Waals surface area contributed by atoms with E-state index in [1.54, 1.807) is 17.5 Å². The van der Waals surface area contributed by atoms with Gasteiger partial charge in [0.1, 0.15) is 10.7 Å². The second-order valence-corrected chi connectivity index (χ2v) is 8.32. The lowest BCUT2D eigenvalue weighted by Crippen LogP contribution is -2.13. The monoisotopic (exact) mass is 373 g/mol. The molecule has 0 saturated carbocycles. The molecule has 1 N–H and O–H groups in total. The number of hydrogen-bond donors (Lipinski definition) is 1. The molecule has 1 aliphatic carbocycles. The van der Waals surface area contributed by atoms with Crippen molar-refractivity contribution in [3.8, 4) is 0 Å². The predicted molar refractivity (Wildman–Crippen MR) is 112 cm³/mol. The first-order valence-corrected chi connectivity index (χ1v) is 10.1. The fraction of sp³-hybridized carbons (Fsp3) is 0.227. The highest BCUT2D eigenvalue weighted by Crippen LogP contribution is 2.35. The molecule has 1 atom stereocenters. The molecule has 0 amide bonds. The molecular weight excluding hydrogens is 354 g/mol. The number of aryl methyl sites for hydroxylation is 1. The van der Waals surface area contributed by atoms with E-state index in [9.17, 15) is 4.79 Å². The van der Waals surface area contributed by atoms with Gasteiger partial charge in [-0.25, -0.2) is 4.98 Å². The first-order valence-electron chi connectivity index (χ1n) is 9.25. The van der Waals surface area contributed by atoms with Gasteiger partial charge in [-0.05, 0) is 49.0 Å². The van der Waals surface area contributed by atoms with Crippen molar-refractivity contribution < 1.29 is 0 Å². The van der Waals surface area contributed by atoms with Crippen LogP contribution in [0.3, 0.4) is 0 Å². The Kier molecular flexibility index (Phi) is 3.90. The lowest BCUT2D eigenvalue weighted by molar-refractivity contribution is 0.509. The summed E-state index contributed by atoms with van der Waals surface area (Å²) in [6.45, 7) is 2.28. The molecule has 0 saturated heterocycles. The first-order chi connectivity index (χ1) is 13.2. The molecule has 0 aliphatic heterocycles. The average molecular weight is 373 g/mol. The molecule has 27 heavy (non-hydrogen) atoms. The highest BCUT2D eigenvalue weighted by molar-refractivity contribution is 7.18. The maximum atomic E-state index is 12.7. The van der Waals surface area contributed by atoms with Gasteiger partial charge in [0, 0.05) is 22.0 Å². The number of aromatic nitrogens is 3. The number of aromatic amines is 1. The highest BCUT2D eigenvalue weighted by Gasteiger charge is 2.22. The van der Waals surface area contributed by atoms with Gasteiger partial charge < -0.3 is 4.98 Å². The van der Waals surface area contributed by atoms with Gasteiger partial charge in [0.05, 0.1) is 10.9 Å². The molecule has 0 radical (unpaired) electrons. The Morgan fingerprint density at radius 1 is 1.22 bits per heavy atom. The van der Waals surface area contributed by atoms with Crippen molar-refractivity contribution in [1.29, 1.82) is 0 Å². The van der Waals surface area contributed by atoms with Crippen LogP contribution in [0.1, 0.15) is 35.2 Å². The fourth-order valence-electron chi connectivity index (χ4n) is 3.88. The van der Waals surface area contributed by atoms with Crippen molar-refractivity contribution in [3.63, 3.8) is 0 Å². The third-order valence-corrected chi connectivity index (χ3v) is 6.42. The minimum atomic E-state index is -0.0252. The number of nitrogens with zero attached hydrogens (tertiary/aromatic N) is 2. The van der Waals surface area contributed by atoms with E-state index in [2.05, 4.69) is 16.9 Å². The van der Waals surface area contributed by atoms with Gasteiger partial charge in [0.15, 0.2) is 0 Å². The summed E-state index contributed by atoms with van der Waals surface area (Å²) in [6, 6.07) is 10.1. The van der Waals surface area contributed by atoms with Crippen LogP contribution in [-0.2, 0) is 12.8 Å². The van der Waals surface area contributed by atoms with Crippen molar-refractivity contribution in [2.45, 2.75) is 26.2 Å². The van der Waals surface area contributed by atoms with Crippen LogP contribution in [0, 0.1) is 5.92 Å². The molecule has 3 heterocycles. The van der Waals surface area contributed by atoms with Gasteiger partial charge >= 0.3 is 0 Å². The zero-order valence-corrected chi connectivity index (χ0v) is 15.8. The van der Waals surface area contributed by atoms with Crippen molar-refractivity contribution in [1.82, 2.24) is 15.0 Å². The number of pyridine rings is 1. The van der Waals surface area contributed by atoms with Gasteiger partial charge in [-0.15, -0.1) is 11.3 Å². The second-order valence-electron chi connectivity index (χ2n) is 7.24. The standard InChI is InChI=1S/C22H19N3OS/c1-13-7-9-16-17(12-13)27-22-19(16)21(26)24-18(25-22)10-8-15-5-2-4-14-6-3-11-23-20(14)15/h2-6,8,10-11,13H,7,9,12H2,1H3,(H,24,25,26)/b10-8+. The molecule has 1 aliphatic rings. The summed E-state index contributed by atoms with van der Waals surface area (Å²) in [4.78, 5) is 27.0. The number of H-pyrrole nitrogens is 1. The molecule has 4 aromatic rings. The van der Waals surface area contributed by atoms with Crippen LogP contribution < -0.4 is 5.56 Å². The normalized spacial score (nSPS) is 17.0. The Balaban J connectivity index is 1.57. The topological polar surface area (TPSA) is 58.6 Å². The van der Waals surface area contributed by atoms with Gasteiger partial charge in [-0.3, -0.25) is 9.78 Å². The zero-order valence-electron chi connectivity index (χ0n) is 15.0. The average Bonchev–Trinajstić information content (AvgIpc) is 3.04. The largest absolute Gasteiger partial charge is 0.306 e. The van der Waals surface area contributed by atoms with Crippen LogP contribution >= 0.6 is 11.3 Å². The minimum absolute atomic E-state index is 0.0252. The third-order valence-electron chi connectivity index (χ3n) is 5.27. The maximum absolute atomic E-state index is 12.7. The Hall–Kier alpha value is -2.79. The molecule has 4 nitrogen and oxygen atoms in total. The lowest BCUT2D eigenvalue weighted by atomic mass is 9.89. The predicted octanol–water partition coefficient (Wildman–Crippen LogP) is 4.83. The summed E-state index contributed by atoms with van der Waals surface area (Å²) in [5.74, 6) is 1.27. The van der Waals surface area contributed by atoms with Crippen molar-refractivity contribution in [3.05, 3.63) is 68.7 Å². The van der Waals surface area contributed by atoms with Crippen molar-refractivity contribution >= 4 is 44.6 Å². The minimum Gasteiger partial charge on any atom is -0.306 e. The molecule has 1 aromatic carbocycles. The summed E-state index contributed by atoms with van der Waals surface area (Å²) in [5.41, 5.74) is 3.15. The molecule has 1 unspecified atom stereocenters. The zero-order chi connectivity index (χ0) is 18.4. The van der Waals surface area contributed by atoms with Crippen molar-refractivity contribution in [2.75, 3.05) is 0 Å². The first kappa shape index (κ1) is 16.4. The molecule has 3 aromatic heterocycles. The highest BCUT2D eigenvalue weighted by atomic mass is 32.1. The Morgan fingerprint density at radius 3 is 3.04 bits per heavy atom. The van der Waals surface area contributed by atoms with Crippen LogP contribution in [0.4, 0.5) is 0 Å². The smallest absolute Gasteiger partial charge is 0.260 e. The second kappa shape index (κ2) is 6.43. The SMILES string of the molecule is CC1CCc2c(sc3nc(/C=C/c4cccc5cccnc45)[nH]c(=O)c23)C1. The van der Waals surface area contributed by atoms with Crippen LogP contribution in [0.15, 0.2) is 41.3 Å². The molecule has 0 spiro atoms. The van der Waals surface area contributed by atoms with Crippen LogP contribution in [0.2, 0.25) is 0 Å². The third kappa shape index (κ3) is 2.88. The molecule has 134 valence electrons. The summed E-state index contributed by atoms with van der Waals surface area (Å²) >= 11 is 1.68. The number of rotatable bonds is 2. The maximum Gasteiger partial charge on any atom is 0.260 e. The summed E-state index contributed by atoms with van der Waals surface area (Å²) in [7, 11) is 0. The van der Waals surface area contributed by atoms with E-state index in [-0.39, 0.29) is 5.56 Å². The Morgan fingerprint density at radius 2 is 2.11 bits per heavy atom. The van der Waals surface area contributed by atoms with E-state index >= 15 is 0 Å². The quantitative estimate of drug-likeness (QED) is 0.548. The summed E-state index contributed by atoms with van der Waals surface area (Å²) in [6.07, 6.45) is 8.82. The fourth-order valence-corrected chi connectivity index (χ4v) is 5.27. The van der Waals surface area contributed by atoms with Crippen LogP contribution in [-0.4, -0.2) is 15.0 Å². The molecule has 0 bridgehead atoms.